The van der Waals surface area contributed by atoms with E-state index in [4.69, 9.17) is 44.0 Å². The summed E-state index contributed by atoms with van der Waals surface area (Å²) in [6.07, 6.45) is -0.000814. The fraction of sp³-hybridized carbons (Fsp3) is 0.800. The van der Waals surface area contributed by atoms with Gasteiger partial charge in [-0.3, -0.25) is 19.1 Å². The molecule has 0 aliphatic carbocycles. The van der Waals surface area contributed by atoms with Crippen LogP contribution >= 0.6 is 0 Å². The van der Waals surface area contributed by atoms with Crippen LogP contribution in [0.3, 0.4) is 0 Å². The van der Waals surface area contributed by atoms with Crippen LogP contribution in [0.2, 0.25) is 18.1 Å². The molecule has 12 heteroatoms. The van der Waals surface area contributed by atoms with Gasteiger partial charge >= 0.3 is 17.9 Å². The zero-order valence-electron chi connectivity index (χ0n) is 23.2. The number of hydrogen-bond donors (Lipinski definition) is 0. The normalized spacial score (nSPS) is 30.5. The second kappa shape index (κ2) is 12.2. The lowest BCUT2D eigenvalue weighted by Gasteiger charge is -2.43. The Kier molecular flexibility index (Phi) is 10.3. The van der Waals surface area contributed by atoms with E-state index in [0.717, 1.165) is 0 Å². The maximum Gasteiger partial charge on any atom is 0.303 e. The van der Waals surface area contributed by atoms with Crippen molar-refractivity contribution in [1.29, 1.82) is 0 Å². The first-order valence-corrected chi connectivity index (χ1v) is 15.2. The minimum Gasteiger partial charge on any atom is -0.456 e. The third-order valence-electron chi connectivity index (χ3n) is 6.53. The Hall–Kier alpha value is -2.01. The second-order valence-electron chi connectivity index (χ2n) is 10.7. The number of ether oxygens (including phenoxy) is 7. The average molecular weight is 545 g/mol. The molecule has 0 aromatic heterocycles. The molecule has 0 bridgehead atoms. The molecular weight excluding hydrogens is 504 g/mol. The number of hydrogen-bond acceptors (Lipinski definition) is 11. The van der Waals surface area contributed by atoms with Crippen LogP contribution in [0.15, 0.2) is 0 Å². The Bertz CT molecular complexity index is 877. The quantitative estimate of drug-likeness (QED) is 0.174. The standard InChI is InChI=1S/C25H40O11Si/c1-11-18(31-15(2)26)12-13-29-25(8)35-22-21(33-17(4)28)20(32-16(3)27)19(34-23(22)36-25)14-30-37(9,10)24(5,6)7/h1,18-23H,12-14H2,2-10H3/t18-,19+,20+,21-,22+,23+,25?/m0/s1. The Morgan fingerprint density at radius 3 is 2.14 bits per heavy atom. The highest BCUT2D eigenvalue weighted by atomic mass is 28.4. The van der Waals surface area contributed by atoms with Crippen molar-refractivity contribution in [3.05, 3.63) is 0 Å². The van der Waals surface area contributed by atoms with Crippen LogP contribution < -0.4 is 0 Å². The predicted molar refractivity (Wildman–Crippen MR) is 132 cm³/mol. The molecule has 0 aromatic carbocycles. The Morgan fingerprint density at radius 1 is 1.03 bits per heavy atom. The highest BCUT2D eigenvalue weighted by molar-refractivity contribution is 6.74. The number of carbonyl (C=O) groups excluding carboxylic acids is 3. The van der Waals surface area contributed by atoms with E-state index in [1.807, 2.05) is 0 Å². The monoisotopic (exact) mass is 544 g/mol. The number of carbonyl (C=O) groups is 3. The van der Waals surface area contributed by atoms with Crippen molar-refractivity contribution in [1.82, 2.24) is 0 Å². The van der Waals surface area contributed by atoms with E-state index in [2.05, 4.69) is 39.8 Å². The molecule has 0 N–H and O–H groups in total. The van der Waals surface area contributed by atoms with Crippen molar-refractivity contribution in [3.63, 3.8) is 0 Å². The summed E-state index contributed by atoms with van der Waals surface area (Å²) < 4.78 is 46.3. The summed E-state index contributed by atoms with van der Waals surface area (Å²) in [5, 5.41) is -0.0713. The highest BCUT2D eigenvalue weighted by Gasteiger charge is 2.59. The predicted octanol–water partition coefficient (Wildman–Crippen LogP) is 2.66. The van der Waals surface area contributed by atoms with Crippen LogP contribution in [0.1, 0.15) is 54.9 Å². The lowest BCUT2D eigenvalue weighted by molar-refractivity contribution is -0.344. The third-order valence-corrected chi connectivity index (χ3v) is 11.0. The van der Waals surface area contributed by atoms with E-state index in [-0.39, 0.29) is 24.7 Å². The molecule has 37 heavy (non-hydrogen) atoms. The number of terminal acetylenes is 1. The average Bonchev–Trinajstić information content (AvgIpc) is 3.08. The summed E-state index contributed by atoms with van der Waals surface area (Å²) >= 11 is 0. The summed E-state index contributed by atoms with van der Waals surface area (Å²) in [7, 11) is -2.20. The van der Waals surface area contributed by atoms with Crippen LogP contribution in [0.25, 0.3) is 0 Å². The molecule has 0 aromatic rings. The molecular formula is C25H40O11Si. The van der Waals surface area contributed by atoms with Crippen LogP contribution in [0.4, 0.5) is 0 Å². The van der Waals surface area contributed by atoms with Gasteiger partial charge in [0.05, 0.1) is 13.2 Å². The smallest absolute Gasteiger partial charge is 0.303 e. The fourth-order valence-corrected chi connectivity index (χ4v) is 4.70. The van der Waals surface area contributed by atoms with Gasteiger partial charge in [-0.2, -0.15) is 0 Å². The first kappa shape index (κ1) is 31.2. The summed E-state index contributed by atoms with van der Waals surface area (Å²) in [5.74, 6) is -0.906. The van der Waals surface area contributed by atoms with Gasteiger partial charge in [-0.15, -0.1) is 6.42 Å². The van der Waals surface area contributed by atoms with Crippen molar-refractivity contribution in [2.45, 2.75) is 116 Å². The Balaban J connectivity index is 2.22. The summed E-state index contributed by atoms with van der Waals surface area (Å²) in [5.41, 5.74) is 0. The van der Waals surface area contributed by atoms with Gasteiger partial charge in [0.15, 0.2) is 39.0 Å². The molecule has 210 valence electrons. The van der Waals surface area contributed by atoms with Crippen LogP contribution in [-0.2, 0) is 52.0 Å². The molecule has 0 amide bonds. The van der Waals surface area contributed by atoms with Crippen LogP contribution in [0, 0.1) is 12.3 Å². The lowest BCUT2D eigenvalue weighted by Crippen LogP contribution is -2.61. The van der Waals surface area contributed by atoms with Gasteiger partial charge in [0.2, 0.25) is 0 Å². The zero-order valence-corrected chi connectivity index (χ0v) is 24.2. The molecule has 0 radical (unpaired) electrons. The Labute approximate surface area is 219 Å². The first-order chi connectivity index (χ1) is 17.0. The molecule has 2 saturated heterocycles. The summed E-state index contributed by atoms with van der Waals surface area (Å²) in [4.78, 5) is 35.2. The molecule has 0 saturated carbocycles. The van der Waals surface area contributed by atoms with Crippen molar-refractivity contribution >= 4 is 26.2 Å². The molecule has 2 heterocycles. The van der Waals surface area contributed by atoms with Crippen molar-refractivity contribution in [2.24, 2.45) is 0 Å². The van der Waals surface area contributed by atoms with Crippen LogP contribution in [-0.4, -0.2) is 82.2 Å². The summed E-state index contributed by atoms with van der Waals surface area (Å²) in [6, 6.07) is 0. The van der Waals surface area contributed by atoms with Crippen LogP contribution in [0.5, 0.6) is 0 Å². The largest absolute Gasteiger partial charge is 0.456 e. The van der Waals surface area contributed by atoms with Crippen molar-refractivity contribution in [3.8, 4) is 12.3 Å². The van der Waals surface area contributed by atoms with Gasteiger partial charge in [0, 0.05) is 34.1 Å². The molecule has 11 nitrogen and oxygen atoms in total. The van der Waals surface area contributed by atoms with Gasteiger partial charge in [-0.05, 0) is 18.1 Å². The van der Waals surface area contributed by atoms with Crippen molar-refractivity contribution in [2.75, 3.05) is 13.2 Å². The van der Waals surface area contributed by atoms with Gasteiger partial charge < -0.3 is 32.8 Å². The fourth-order valence-electron chi connectivity index (χ4n) is 3.68. The van der Waals surface area contributed by atoms with E-state index in [1.165, 1.54) is 27.7 Å². The zero-order chi connectivity index (χ0) is 28.2. The van der Waals surface area contributed by atoms with E-state index in [0.29, 0.717) is 0 Å². The van der Waals surface area contributed by atoms with E-state index >= 15 is 0 Å². The highest BCUT2D eigenvalue weighted by Crippen LogP contribution is 2.41. The molecule has 1 unspecified atom stereocenters. The van der Waals surface area contributed by atoms with E-state index in [1.54, 1.807) is 0 Å². The molecule has 0 spiro atoms. The number of esters is 3. The molecule has 2 fully saturated rings. The maximum absolute atomic E-state index is 12.0. The second-order valence-corrected chi connectivity index (χ2v) is 15.5. The Morgan fingerprint density at radius 2 is 1.62 bits per heavy atom. The van der Waals surface area contributed by atoms with Gasteiger partial charge in [-0.25, -0.2) is 0 Å². The van der Waals surface area contributed by atoms with Gasteiger partial charge in [-0.1, -0.05) is 26.7 Å². The maximum atomic E-state index is 12.0. The molecule has 2 aliphatic heterocycles. The van der Waals surface area contributed by atoms with Gasteiger partial charge in [0.25, 0.3) is 5.97 Å². The summed E-state index contributed by atoms with van der Waals surface area (Å²) in [6.45, 7) is 15.9. The molecule has 7 atom stereocenters. The van der Waals surface area contributed by atoms with Crippen molar-refractivity contribution < 1.29 is 52.0 Å². The number of rotatable bonds is 10. The molecule has 2 aliphatic rings. The lowest BCUT2D eigenvalue weighted by atomic mass is 9.98. The third kappa shape index (κ3) is 8.49. The first-order valence-electron chi connectivity index (χ1n) is 12.2. The SMILES string of the molecule is C#C[C@@H](CCOC1(C)O[C@H]2O[C@H](CO[Si](C)(C)C(C)(C)C)[C@@H](OC(C)=O)[C@H](OC(C)=O)[C@H]2O1)OC(C)=O. The minimum atomic E-state index is -2.20. The minimum absolute atomic E-state index is 0.0294. The number of fused-ring (bicyclic) bond motifs is 1. The van der Waals surface area contributed by atoms with E-state index in [9.17, 15) is 14.4 Å². The van der Waals surface area contributed by atoms with E-state index < -0.39 is 69.0 Å². The topological polar surface area (TPSA) is 125 Å². The molecule has 2 rings (SSSR count). The van der Waals surface area contributed by atoms with Gasteiger partial charge in [0.1, 0.15) is 6.10 Å².